The molecule has 1 aliphatic heterocycles. The molecule has 1 aromatic rings. The topological polar surface area (TPSA) is 47.6 Å². The molecule has 0 aliphatic carbocycles. The van der Waals surface area contributed by atoms with E-state index in [2.05, 4.69) is 12.2 Å². The summed E-state index contributed by atoms with van der Waals surface area (Å²) in [6.45, 7) is 2.36. The number of ether oxygens (including phenoxy) is 2. The van der Waals surface area contributed by atoms with Gasteiger partial charge in [-0.3, -0.25) is 4.79 Å². The maximum absolute atomic E-state index is 12.3. The van der Waals surface area contributed by atoms with Crippen LogP contribution in [-0.4, -0.2) is 25.7 Å². The molecule has 1 aromatic carbocycles. The molecule has 0 fully saturated rings. The third kappa shape index (κ3) is 2.64. The number of hydrogen-bond donors (Lipinski definition) is 1. The maximum Gasteiger partial charge on any atom is 0.231 e. The van der Waals surface area contributed by atoms with Crippen molar-refractivity contribution in [3.63, 3.8) is 0 Å². The van der Waals surface area contributed by atoms with Gasteiger partial charge in [0.1, 0.15) is 0 Å². The summed E-state index contributed by atoms with van der Waals surface area (Å²) >= 11 is 0. The van der Waals surface area contributed by atoms with Crippen LogP contribution in [0.15, 0.2) is 18.2 Å². The summed E-state index contributed by atoms with van der Waals surface area (Å²) in [6.07, 6.45) is 2.99. The van der Waals surface area contributed by atoms with Gasteiger partial charge in [-0.05, 0) is 31.7 Å². The zero-order valence-corrected chi connectivity index (χ0v) is 10.9. The molecule has 0 bridgehead atoms. The van der Waals surface area contributed by atoms with E-state index < -0.39 is 0 Å². The van der Waals surface area contributed by atoms with Gasteiger partial charge in [0.15, 0.2) is 17.3 Å². The molecule has 1 unspecified atom stereocenters. The van der Waals surface area contributed by atoms with E-state index in [-0.39, 0.29) is 18.6 Å². The molecule has 18 heavy (non-hydrogen) atoms. The molecule has 1 N–H and O–H groups in total. The van der Waals surface area contributed by atoms with Gasteiger partial charge in [0, 0.05) is 5.56 Å². The van der Waals surface area contributed by atoms with Crippen molar-refractivity contribution >= 4 is 5.78 Å². The molecule has 1 aliphatic rings. The summed E-state index contributed by atoms with van der Waals surface area (Å²) < 4.78 is 10.5. The Morgan fingerprint density at radius 2 is 2.17 bits per heavy atom. The highest BCUT2D eigenvalue weighted by molar-refractivity contribution is 6.00. The quantitative estimate of drug-likeness (QED) is 0.786. The number of unbranched alkanes of at least 4 members (excludes halogenated alkanes) is 1. The van der Waals surface area contributed by atoms with Crippen LogP contribution in [0.5, 0.6) is 11.5 Å². The van der Waals surface area contributed by atoms with Gasteiger partial charge in [0.05, 0.1) is 6.04 Å². The summed E-state index contributed by atoms with van der Waals surface area (Å²) in [5, 5.41) is 3.08. The van der Waals surface area contributed by atoms with Crippen molar-refractivity contribution < 1.29 is 14.3 Å². The van der Waals surface area contributed by atoms with Crippen LogP contribution in [-0.2, 0) is 0 Å². The molecule has 1 heterocycles. The number of nitrogens with one attached hydrogen (secondary N) is 1. The Hall–Kier alpha value is -1.55. The molecule has 4 nitrogen and oxygen atoms in total. The molecule has 4 heteroatoms. The molecular weight excluding hydrogens is 230 g/mol. The summed E-state index contributed by atoms with van der Waals surface area (Å²) in [5.74, 6) is 1.48. The molecule has 98 valence electrons. The number of benzene rings is 1. The van der Waals surface area contributed by atoms with Crippen molar-refractivity contribution in [2.75, 3.05) is 13.8 Å². The van der Waals surface area contributed by atoms with E-state index in [9.17, 15) is 4.79 Å². The molecule has 0 spiro atoms. The smallest absolute Gasteiger partial charge is 0.231 e. The molecule has 0 saturated carbocycles. The lowest BCUT2D eigenvalue weighted by atomic mass is 9.99. The Balaban J connectivity index is 2.12. The summed E-state index contributed by atoms with van der Waals surface area (Å²) in [5.41, 5.74) is 0.676. The van der Waals surface area contributed by atoms with Crippen molar-refractivity contribution in [3.05, 3.63) is 23.8 Å². The van der Waals surface area contributed by atoms with Gasteiger partial charge >= 0.3 is 0 Å². The van der Waals surface area contributed by atoms with Crippen molar-refractivity contribution in [1.29, 1.82) is 0 Å². The fraction of sp³-hybridized carbons (Fsp3) is 0.500. The highest BCUT2D eigenvalue weighted by Crippen LogP contribution is 2.32. The van der Waals surface area contributed by atoms with E-state index in [0.29, 0.717) is 17.1 Å². The van der Waals surface area contributed by atoms with Crippen LogP contribution >= 0.6 is 0 Å². The zero-order chi connectivity index (χ0) is 13.0. The lowest BCUT2D eigenvalue weighted by Crippen LogP contribution is -2.33. The number of fused-ring (bicyclic) bond motifs is 1. The third-order valence-electron chi connectivity index (χ3n) is 3.17. The number of ketones is 1. The monoisotopic (exact) mass is 249 g/mol. The lowest BCUT2D eigenvalue weighted by molar-refractivity contribution is 0.0940. The Labute approximate surface area is 107 Å². The van der Waals surface area contributed by atoms with E-state index in [1.807, 2.05) is 7.05 Å². The summed E-state index contributed by atoms with van der Waals surface area (Å²) in [4.78, 5) is 12.3. The highest BCUT2D eigenvalue weighted by atomic mass is 16.7. The average Bonchev–Trinajstić information content (AvgIpc) is 2.86. The Morgan fingerprint density at radius 1 is 1.39 bits per heavy atom. The first-order chi connectivity index (χ1) is 8.76. The largest absolute Gasteiger partial charge is 0.454 e. The number of likely N-dealkylation sites (N-methyl/N-ethyl adjacent to an activating group) is 1. The molecule has 0 radical (unpaired) electrons. The van der Waals surface area contributed by atoms with Gasteiger partial charge < -0.3 is 14.8 Å². The number of carbonyl (C=O) groups is 1. The average molecular weight is 249 g/mol. The fourth-order valence-corrected chi connectivity index (χ4v) is 2.07. The first-order valence-corrected chi connectivity index (χ1v) is 6.37. The minimum atomic E-state index is -0.120. The highest BCUT2D eigenvalue weighted by Gasteiger charge is 2.21. The molecule has 0 saturated heterocycles. The van der Waals surface area contributed by atoms with Crippen molar-refractivity contribution in [2.24, 2.45) is 0 Å². The van der Waals surface area contributed by atoms with Crippen LogP contribution in [0.25, 0.3) is 0 Å². The van der Waals surface area contributed by atoms with E-state index in [1.54, 1.807) is 18.2 Å². The van der Waals surface area contributed by atoms with Gasteiger partial charge in [-0.1, -0.05) is 19.8 Å². The Bertz CT molecular complexity index is 431. The third-order valence-corrected chi connectivity index (χ3v) is 3.17. The normalized spacial score (nSPS) is 14.6. The van der Waals surface area contributed by atoms with E-state index in [0.717, 1.165) is 19.3 Å². The summed E-state index contributed by atoms with van der Waals surface area (Å²) in [7, 11) is 1.82. The maximum atomic E-state index is 12.3. The van der Waals surface area contributed by atoms with Gasteiger partial charge in [-0.25, -0.2) is 0 Å². The van der Waals surface area contributed by atoms with Crippen LogP contribution in [0.4, 0.5) is 0 Å². The second-order valence-electron chi connectivity index (χ2n) is 4.42. The number of hydrogen-bond acceptors (Lipinski definition) is 4. The molecule has 0 amide bonds. The van der Waals surface area contributed by atoms with Crippen LogP contribution in [0.1, 0.15) is 36.5 Å². The number of Topliss-reactive ketones (excluding diaryl/α,β-unsaturated/α-hetero) is 1. The zero-order valence-electron chi connectivity index (χ0n) is 10.9. The first-order valence-electron chi connectivity index (χ1n) is 6.37. The Kier molecular flexibility index (Phi) is 4.20. The second kappa shape index (κ2) is 5.87. The van der Waals surface area contributed by atoms with Crippen molar-refractivity contribution in [1.82, 2.24) is 5.32 Å². The number of rotatable bonds is 6. The van der Waals surface area contributed by atoms with Crippen LogP contribution in [0.2, 0.25) is 0 Å². The molecule has 1 atom stereocenters. The van der Waals surface area contributed by atoms with Gasteiger partial charge in [-0.15, -0.1) is 0 Å². The van der Waals surface area contributed by atoms with E-state index >= 15 is 0 Å². The minimum absolute atomic E-state index is 0.115. The standard InChI is InChI=1S/C14H19NO3/c1-3-4-5-11(15-2)14(16)10-6-7-12-13(8-10)18-9-17-12/h6-8,11,15H,3-5,9H2,1-2H3. The van der Waals surface area contributed by atoms with Crippen molar-refractivity contribution in [3.8, 4) is 11.5 Å². The van der Waals surface area contributed by atoms with Crippen LogP contribution < -0.4 is 14.8 Å². The van der Waals surface area contributed by atoms with Gasteiger partial charge in [0.2, 0.25) is 6.79 Å². The predicted octanol–water partition coefficient (Wildman–Crippen LogP) is 2.38. The van der Waals surface area contributed by atoms with Gasteiger partial charge in [-0.2, -0.15) is 0 Å². The van der Waals surface area contributed by atoms with Crippen molar-refractivity contribution in [2.45, 2.75) is 32.2 Å². The van der Waals surface area contributed by atoms with Gasteiger partial charge in [0.25, 0.3) is 0 Å². The molecule has 0 aromatic heterocycles. The Morgan fingerprint density at radius 3 is 2.89 bits per heavy atom. The number of carbonyl (C=O) groups excluding carboxylic acids is 1. The van der Waals surface area contributed by atoms with Crippen LogP contribution in [0.3, 0.4) is 0 Å². The van der Waals surface area contributed by atoms with E-state index in [1.165, 1.54) is 0 Å². The van der Waals surface area contributed by atoms with E-state index in [4.69, 9.17) is 9.47 Å². The minimum Gasteiger partial charge on any atom is -0.454 e. The SMILES string of the molecule is CCCCC(NC)C(=O)c1ccc2c(c1)OCO2. The second-order valence-corrected chi connectivity index (χ2v) is 4.42. The summed E-state index contributed by atoms with van der Waals surface area (Å²) in [6, 6.07) is 5.24. The molecule has 2 rings (SSSR count). The predicted molar refractivity (Wildman–Crippen MR) is 69.3 cm³/mol. The first kappa shape index (κ1) is 12.9. The lowest BCUT2D eigenvalue weighted by Gasteiger charge is -2.14. The van der Waals surface area contributed by atoms with Crippen LogP contribution in [0, 0.1) is 0 Å². The fourth-order valence-electron chi connectivity index (χ4n) is 2.07. The molecular formula is C14H19NO3.